The summed E-state index contributed by atoms with van der Waals surface area (Å²) in [4.78, 5) is 0. The van der Waals surface area contributed by atoms with E-state index < -0.39 is 6.19 Å². The molecule has 0 aliphatic rings. The first-order valence-electron chi connectivity index (χ1n) is 12.4. The standard InChI is InChI=1S/C12H10Si.2C11H11.2ClH.Ti/c1-3-7-11(8-4-1)13-12-9-5-2-6-10-12;2*1-8-6-10-5-3-4-9(2)11(10)7-8;;;/h1-10H;2*3-7H,1-2H3;2*1H;/q;2*-1;;;+2/p-2. The van der Waals surface area contributed by atoms with Crippen LogP contribution in [-0.4, -0.2) is 6.19 Å². The van der Waals surface area contributed by atoms with Gasteiger partial charge in [0.05, 0.1) is 0 Å². The molecule has 0 bridgehead atoms. The van der Waals surface area contributed by atoms with Gasteiger partial charge in [-0.25, -0.2) is 0 Å². The van der Waals surface area contributed by atoms with Crippen LogP contribution in [0.15, 0.2) is 121 Å². The Labute approximate surface area is 251 Å². The normalized spacial score (nSPS) is 9.84. The Hall–Kier alpha value is -2.39. The quantitative estimate of drug-likeness (QED) is 0.214. The van der Waals surface area contributed by atoms with Crippen molar-refractivity contribution in [1.29, 1.82) is 0 Å². The molecule has 0 N–H and O–H groups in total. The van der Waals surface area contributed by atoms with Crippen molar-refractivity contribution in [2.75, 3.05) is 0 Å². The van der Waals surface area contributed by atoms with E-state index in [4.69, 9.17) is 0 Å². The van der Waals surface area contributed by atoms with Crippen LogP contribution in [0.1, 0.15) is 22.3 Å². The summed E-state index contributed by atoms with van der Waals surface area (Å²) in [7, 11) is 0. The zero-order valence-corrected chi connectivity index (χ0v) is 26.4. The van der Waals surface area contributed by atoms with Crippen LogP contribution >= 0.6 is 0 Å². The Balaban J connectivity index is 0.000000197. The van der Waals surface area contributed by atoms with Crippen molar-refractivity contribution in [3.8, 4) is 0 Å². The van der Waals surface area contributed by atoms with Crippen molar-refractivity contribution >= 4 is 38.1 Å². The van der Waals surface area contributed by atoms with Gasteiger partial charge in [-0.2, -0.15) is 12.1 Å². The average molecular weight is 587 g/mol. The van der Waals surface area contributed by atoms with E-state index >= 15 is 0 Å². The van der Waals surface area contributed by atoms with E-state index in [-0.39, 0.29) is 24.8 Å². The van der Waals surface area contributed by atoms with Gasteiger partial charge in [-0.15, -0.1) is 69.1 Å². The van der Waals surface area contributed by atoms with Gasteiger partial charge in [0.25, 0.3) is 0 Å². The summed E-state index contributed by atoms with van der Waals surface area (Å²) in [5.41, 5.74) is 5.45. The van der Waals surface area contributed by atoms with Crippen molar-refractivity contribution in [3.05, 3.63) is 144 Å². The first-order valence-corrected chi connectivity index (χ1v) is 16.2. The number of aryl methyl sites for hydroxylation is 4. The SMILES string of the molecule is Cc1cc2c(C)cccc2[cH-]1.Cc1cc2c(C)cccc2[cH-]1.[Cl-].[Cl-].[Ti+2]=[Si](c1ccccc1)c1ccccc1. The van der Waals surface area contributed by atoms with Gasteiger partial charge >= 0.3 is 96.4 Å². The van der Waals surface area contributed by atoms with Gasteiger partial charge in [0.15, 0.2) is 0 Å². The molecule has 0 heterocycles. The summed E-state index contributed by atoms with van der Waals surface area (Å²) in [6.45, 7) is 8.59. The Kier molecular flexibility index (Phi) is 12.8. The summed E-state index contributed by atoms with van der Waals surface area (Å²) in [6.07, 6.45) is -0.545. The minimum absolute atomic E-state index is 0. The first kappa shape index (κ1) is 31.8. The second-order valence-corrected chi connectivity index (χ2v) is 13.6. The maximum absolute atomic E-state index is 2.34. The van der Waals surface area contributed by atoms with E-state index in [1.165, 1.54) is 54.2 Å². The summed E-state index contributed by atoms with van der Waals surface area (Å²) in [6, 6.07) is 43.3. The molecule has 4 heteroatoms. The third-order valence-corrected chi connectivity index (χ3v) is 10.9. The van der Waals surface area contributed by atoms with Gasteiger partial charge in [0, 0.05) is 0 Å². The molecule has 0 aromatic heterocycles. The van der Waals surface area contributed by atoms with Crippen LogP contribution < -0.4 is 35.2 Å². The summed E-state index contributed by atoms with van der Waals surface area (Å²) < 4.78 is 0. The maximum atomic E-state index is 2.34. The van der Waals surface area contributed by atoms with Crippen molar-refractivity contribution in [3.63, 3.8) is 0 Å². The van der Waals surface area contributed by atoms with Gasteiger partial charge in [0.2, 0.25) is 0 Å². The number of halogens is 2. The third kappa shape index (κ3) is 8.30. The fourth-order valence-electron chi connectivity index (χ4n) is 4.46. The van der Waals surface area contributed by atoms with Crippen LogP contribution in [-0.2, 0) is 19.2 Å². The summed E-state index contributed by atoms with van der Waals surface area (Å²) in [5, 5.41) is 8.47. The minimum atomic E-state index is -0.545. The molecule has 0 saturated carbocycles. The summed E-state index contributed by atoms with van der Waals surface area (Å²) >= 11 is 2.34. The van der Waals surface area contributed by atoms with E-state index in [1.54, 1.807) is 0 Å². The third-order valence-electron chi connectivity index (χ3n) is 6.35. The topological polar surface area (TPSA) is 0 Å². The molecule has 0 saturated heterocycles. The number of hydrogen-bond acceptors (Lipinski definition) is 0. The molecule has 0 aliphatic carbocycles. The molecule has 6 aromatic carbocycles. The van der Waals surface area contributed by atoms with Crippen molar-refractivity contribution in [1.82, 2.24) is 0 Å². The van der Waals surface area contributed by atoms with Gasteiger partial charge in [0.1, 0.15) is 0 Å². The predicted octanol–water partition coefficient (Wildman–Crippen LogP) is 1.70. The number of fused-ring (bicyclic) bond motifs is 2. The molecule has 0 unspecified atom stereocenters. The molecular weight excluding hydrogens is 555 g/mol. The molecule has 0 aliphatic heterocycles. The second kappa shape index (κ2) is 15.3. The fraction of sp³-hybridized carbons (Fsp3) is 0.118. The molecule has 0 amide bonds. The first-order chi connectivity index (χ1) is 17.4. The van der Waals surface area contributed by atoms with E-state index in [0.717, 1.165) is 0 Å². The second-order valence-electron chi connectivity index (χ2n) is 9.33. The molecule has 6 rings (SSSR count). The van der Waals surface area contributed by atoms with E-state index in [0.29, 0.717) is 0 Å². The molecule has 0 radical (unpaired) electrons. The van der Waals surface area contributed by atoms with Gasteiger partial charge in [-0.3, -0.25) is 0 Å². The summed E-state index contributed by atoms with van der Waals surface area (Å²) in [5.74, 6) is 0. The number of rotatable bonds is 2. The van der Waals surface area contributed by atoms with E-state index in [1.807, 2.05) is 0 Å². The molecule has 192 valence electrons. The molecule has 0 spiro atoms. The fourth-order valence-corrected chi connectivity index (χ4v) is 7.40. The number of benzene rings is 4. The molecule has 38 heavy (non-hydrogen) atoms. The Morgan fingerprint density at radius 2 is 0.868 bits per heavy atom. The van der Waals surface area contributed by atoms with Gasteiger partial charge < -0.3 is 24.8 Å². The zero-order valence-electron chi connectivity index (χ0n) is 22.3. The monoisotopic (exact) mass is 586 g/mol. The van der Waals surface area contributed by atoms with Crippen LogP contribution in [0.2, 0.25) is 0 Å². The Bertz CT molecular complexity index is 1460. The Morgan fingerprint density at radius 1 is 0.500 bits per heavy atom. The zero-order chi connectivity index (χ0) is 25.5. The molecule has 0 nitrogen and oxygen atoms in total. The number of hydrogen-bond donors (Lipinski definition) is 0. The van der Waals surface area contributed by atoms with Crippen molar-refractivity contribution in [2.24, 2.45) is 0 Å². The Morgan fingerprint density at radius 3 is 1.21 bits per heavy atom. The van der Waals surface area contributed by atoms with Crippen molar-refractivity contribution in [2.45, 2.75) is 27.7 Å². The molecule has 0 atom stereocenters. The molecular formula is C34H32Cl2SiTi-2. The van der Waals surface area contributed by atoms with E-state index in [9.17, 15) is 0 Å². The average Bonchev–Trinajstić information content (AvgIpc) is 3.48. The van der Waals surface area contributed by atoms with Crippen LogP contribution in [0.5, 0.6) is 0 Å². The van der Waals surface area contributed by atoms with Gasteiger partial charge in [-0.05, 0) is 13.8 Å². The van der Waals surface area contributed by atoms with Crippen LogP contribution in [0.4, 0.5) is 0 Å². The molecule has 6 aromatic rings. The van der Waals surface area contributed by atoms with Crippen molar-refractivity contribution < 1.29 is 44.0 Å². The van der Waals surface area contributed by atoms with Gasteiger partial charge in [-0.1, -0.05) is 37.1 Å². The predicted molar refractivity (Wildman–Crippen MR) is 156 cm³/mol. The van der Waals surface area contributed by atoms with Crippen LogP contribution in [0.25, 0.3) is 21.5 Å². The van der Waals surface area contributed by atoms with Crippen LogP contribution in [0, 0.1) is 27.7 Å². The van der Waals surface area contributed by atoms with Crippen LogP contribution in [0.3, 0.4) is 0 Å². The molecule has 0 fully saturated rings. The van der Waals surface area contributed by atoms with E-state index in [2.05, 4.69) is 168 Å².